The van der Waals surface area contributed by atoms with Crippen molar-refractivity contribution >= 4 is 11.9 Å². The van der Waals surface area contributed by atoms with E-state index in [9.17, 15) is 14.7 Å². The molecule has 0 saturated carbocycles. The lowest BCUT2D eigenvalue weighted by Crippen LogP contribution is -2.39. The highest BCUT2D eigenvalue weighted by Gasteiger charge is 2.33. The van der Waals surface area contributed by atoms with Gasteiger partial charge in [0.15, 0.2) is 12.2 Å². The molecule has 0 saturated heterocycles. The molecule has 0 aromatic heterocycles. The van der Waals surface area contributed by atoms with Crippen molar-refractivity contribution in [3.8, 4) is 5.75 Å². The first-order chi connectivity index (χ1) is 12.4. The van der Waals surface area contributed by atoms with E-state index in [0.717, 1.165) is 18.4 Å². The van der Waals surface area contributed by atoms with Gasteiger partial charge in [-0.1, -0.05) is 44.7 Å². The Bertz CT molecular complexity index is 558. The van der Waals surface area contributed by atoms with Crippen molar-refractivity contribution in [1.82, 2.24) is 5.32 Å². The summed E-state index contributed by atoms with van der Waals surface area (Å²) in [5.41, 5.74) is -0.444. The number of carbonyl (C=O) groups excluding carboxylic acids is 1. The number of aliphatic carboxylic acids is 1. The number of nitrogens with one attached hydrogen (secondary N) is 1. The van der Waals surface area contributed by atoms with Crippen molar-refractivity contribution in [2.75, 3.05) is 20.3 Å². The highest BCUT2D eigenvalue weighted by Crippen LogP contribution is 2.20. The van der Waals surface area contributed by atoms with Crippen LogP contribution in [0.25, 0.3) is 0 Å². The number of hydrogen-bond donors (Lipinski definition) is 2. The van der Waals surface area contributed by atoms with Gasteiger partial charge in [0.1, 0.15) is 5.75 Å². The minimum Gasteiger partial charge on any atom is -0.484 e. The zero-order valence-corrected chi connectivity index (χ0v) is 16.0. The van der Waals surface area contributed by atoms with Crippen LogP contribution in [0, 0.1) is 0 Å². The molecule has 1 aromatic rings. The van der Waals surface area contributed by atoms with Gasteiger partial charge >= 0.3 is 5.97 Å². The number of carboxylic acid groups (broad SMARTS) is 1. The predicted octanol–water partition coefficient (Wildman–Crippen LogP) is 3.18. The van der Waals surface area contributed by atoms with Crippen LogP contribution in [0.4, 0.5) is 0 Å². The lowest BCUT2D eigenvalue weighted by atomic mass is 9.96. The third kappa shape index (κ3) is 7.87. The Morgan fingerprint density at radius 2 is 1.77 bits per heavy atom. The van der Waals surface area contributed by atoms with Gasteiger partial charge in [-0.05, 0) is 31.0 Å². The average molecular weight is 365 g/mol. The van der Waals surface area contributed by atoms with Crippen molar-refractivity contribution in [2.24, 2.45) is 0 Å². The second kappa shape index (κ2) is 11.5. The standard InChI is InChI=1S/C20H31NO5/c1-4-5-6-7-8-13-21-18(22)15-26-17-11-9-16(10-12-17)14-20(2,25-3)19(23)24/h9-12H,4-8,13-15H2,1-3H3,(H,21,22)(H,23,24)/t20-/m0/s1. The van der Waals surface area contributed by atoms with E-state index < -0.39 is 11.6 Å². The van der Waals surface area contributed by atoms with Crippen LogP contribution in [-0.2, 0) is 20.7 Å². The SMILES string of the molecule is CCCCCCCNC(=O)COc1ccc(C[C@](C)(OC)C(=O)O)cc1. The molecule has 1 aromatic carbocycles. The summed E-state index contributed by atoms with van der Waals surface area (Å²) in [6.07, 6.45) is 6.02. The van der Waals surface area contributed by atoms with E-state index in [1.54, 1.807) is 24.3 Å². The molecule has 0 radical (unpaired) electrons. The molecule has 0 fully saturated rings. The molecule has 0 aliphatic heterocycles. The Labute approximate surface area is 155 Å². The van der Waals surface area contributed by atoms with Crippen LogP contribution in [-0.4, -0.2) is 42.8 Å². The molecule has 0 spiro atoms. The molecule has 0 aliphatic rings. The number of methoxy groups -OCH3 is 1. The van der Waals surface area contributed by atoms with Gasteiger partial charge in [-0.25, -0.2) is 4.79 Å². The first kappa shape index (κ1) is 22.0. The molecule has 26 heavy (non-hydrogen) atoms. The van der Waals surface area contributed by atoms with Crippen LogP contribution in [0.15, 0.2) is 24.3 Å². The molecule has 2 N–H and O–H groups in total. The zero-order valence-electron chi connectivity index (χ0n) is 16.0. The Morgan fingerprint density at radius 3 is 2.35 bits per heavy atom. The van der Waals surface area contributed by atoms with Crippen molar-refractivity contribution < 1.29 is 24.2 Å². The van der Waals surface area contributed by atoms with E-state index in [1.165, 1.54) is 33.3 Å². The van der Waals surface area contributed by atoms with Gasteiger partial charge in [-0.15, -0.1) is 0 Å². The molecule has 6 nitrogen and oxygen atoms in total. The monoisotopic (exact) mass is 365 g/mol. The van der Waals surface area contributed by atoms with Gasteiger partial charge in [0.2, 0.25) is 0 Å². The topological polar surface area (TPSA) is 84.9 Å². The maximum Gasteiger partial charge on any atom is 0.336 e. The van der Waals surface area contributed by atoms with Crippen molar-refractivity contribution in [1.29, 1.82) is 0 Å². The maximum atomic E-state index is 11.8. The van der Waals surface area contributed by atoms with E-state index in [1.807, 2.05) is 0 Å². The maximum absolute atomic E-state index is 11.8. The number of amides is 1. The largest absolute Gasteiger partial charge is 0.484 e. The van der Waals surface area contributed by atoms with Gasteiger partial charge in [-0.2, -0.15) is 0 Å². The number of rotatable bonds is 13. The molecule has 0 aliphatic carbocycles. The molecule has 1 rings (SSSR count). The van der Waals surface area contributed by atoms with Crippen LogP contribution < -0.4 is 10.1 Å². The summed E-state index contributed by atoms with van der Waals surface area (Å²) in [5, 5.41) is 12.1. The summed E-state index contributed by atoms with van der Waals surface area (Å²) >= 11 is 0. The highest BCUT2D eigenvalue weighted by atomic mass is 16.5. The number of unbranched alkanes of at least 4 members (excludes halogenated alkanes) is 4. The van der Waals surface area contributed by atoms with E-state index in [0.29, 0.717) is 12.3 Å². The number of hydrogen-bond acceptors (Lipinski definition) is 4. The van der Waals surface area contributed by atoms with Gasteiger partial charge in [0, 0.05) is 20.1 Å². The van der Waals surface area contributed by atoms with Gasteiger partial charge in [0.05, 0.1) is 0 Å². The molecule has 146 valence electrons. The van der Waals surface area contributed by atoms with Crippen molar-refractivity contribution in [2.45, 2.75) is 58.0 Å². The van der Waals surface area contributed by atoms with Crippen molar-refractivity contribution in [3.63, 3.8) is 0 Å². The number of carboxylic acids is 1. The molecule has 0 unspecified atom stereocenters. The van der Waals surface area contributed by atoms with Crippen LogP contribution in [0.3, 0.4) is 0 Å². The summed E-state index contributed by atoms with van der Waals surface area (Å²) in [5.74, 6) is -0.574. The Kier molecular flexibility index (Phi) is 9.73. The minimum atomic E-state index is -1.26. The number of ether oxygens (including phenoxy) is 2. The summed E-state index contributed by atoms with van der Waals surface area (Å²) < 4.78 is 10.6. The predicted molar refractivity (Wildman–Crippen MR) is 100 cm³/mol. The Morgan fingerprint density at radius 1 is 1.12 bits per heavy atom. The van der Waals surface area contributed by atoms with E-state index in [2.05, 4.69) is 12.2 Å². The number of benzene rings is 1. The van der Waals surface area contributed by atoms with E-state index in [-0.39, 0.29) is 18.9 Å². The van der Waals surface area contributed by atoms with Crippen LogP contribution in [0.2, 0.25) is 0 Å². The third-order valence-corrected chi connectivity index (χ3v) is 4.34. The van der Waals surface area contributed by atoms with Gasteiger partial charge in [0.25, 0.3) is 5.91 Å². The molecular formula is C20H31NO5. The molecular weight excluding hydrogens is 334 g/mol. The number of carbonyl (C=O) groups is 2. The second-order valence-corrected chi connectivity index (χ2v) is 6.61. The summed E-state index contributed by atoms with van der Waals surface area (Å²) in [7, 11) is 1.38. The van der Waals surface area contributed by atoms with E-state index in [4.69, 9.17) is 9.47 Å². The summed E-state index contributed by atoms with van der Waals surface area (Å²) in [4.78, 5) is 23.0. The molecule has 1 amide bonds. The fraction of sp³-hybridized carbons (Fsp3) is 0.600. The molecule has 6 heteroatoms. The fourth-order valence-electron chi connectivity index (χ4n) is 2.48. The highest BCUT2D eigenvalue weighted by molar-refractivity contribution is 5.78. The normalized spacial score (nSPS) is 13.0. The zero-order chi connectivity index (χ0) is 19.4. The molecule has 0 bridgehead atoms. The Balaban J connectivity index is 2.34. The lowest BCUT2D eigenvalue weighted by molar-refractivity contribution is -0.159. The van der Waals surface area contributed by atoms with Gasteiger partial charge < -0.3 is 19.9 Å². The molecule has 1 atom stereocenters. The van der Waals surface area contributed by atoms with E-state index >= 15 is 0 Å². The second-order valence-electron chi connectivity index (χ2n) is 6.61. The van der Waals surface area contributed by atoms with Gasteiger partial charge in [-0.3, -0.25) is 4.79 Å². The summed E-state index contributed by atoms with van der Waals surface area (Å²) in [6, 6.07) is 7.01. The fourth-order valence-corrected chi connectivity index (χ4v) is 2.48. The average Bonchev–Trinajstić information content (AvgIpc) is 2.63. The van der Waals surface area contributed by atoms with Crippen LogP contribution in [0.5, 0.6) is 5.75 Å². The minimum absolute atomic E-state index is 0.0286. The third-order valence-electron chi connectivity index (χ3n) is 4.34. The van der Waals surface area contributed by atoms with Crippen LogP contribution >= 0.6 is 0 Å². The Hall–Kier alpha value is -2.08. The first-order valence-corrected chi connectivity index (χ1v) is 9.18. The van der Waals surface area contributed by atoms with Crippen molar-refractivity contribution in [3.05, 3.63) is 29.8 Å². The smallest absolute Gasteiger partial charge is 0.336 e. The van der Waals surface area contributed by atoms with Crippen LogP contribution in [0.1, 0.15) is 51.5 Å². The lowest BCUT2D eigenvalue weighted by Gasteiger charge is -2.23. The quantitative estimate of drug-likeness (QED) is 0.525. The first-order valence-electron chi connectivity index (χ1n) is 9.18. The molecule has 0 heterocycles. The summed E-state index contributed by atoms with van der Waals surface area (Å²) in [6.45, 7) is 4.36.